The molecule has 3 aromatic carbocycles. The first-order valence-corrected chi connectivity index (χ1v) is 8.99. The molecule has 0 saturated carbocycles. The fourth-order valence-corrected chi connectivity index (χ4v) is 3.80. The molecule has 0 fully saturated rings. The van der Waals surface area contributed by atoms with E-state index in [1.807, 2.05) is 47.4 Å². The van der Waals surface area contributed by atoms with Gasteiger partial charge in [0, 0.05) is 6.92 Å². The Morgan fingerprint density at radius 1 is 0.846 bits per heavy atom. The van der Waals surface area contributed by atoms with Crippen LogP contribution >= 0.6 is 0 Å². The summed E-state index contributed by atoms with van der Waals surface area (Å²) in [6.45, 7) is 1.65. The van der Waals surface area contributed by atoms with Gasteiger partial charge in [-0.05, 0) is 29.7 Å². The monoisotopic (exact) mass is 342 g/mol. The molecule has 1 amide bonds. The lowest BCUT2D eigenvalue weighted by Crippen LogP contribution is -2.33. The van der Waals surface area contributed by atoms with Crippen LogP contribution in [0.2, 0.25) is 0 Å². The number of anilines is 2. The Hall–Kier alpha value is -3.07. The van der Waals surface area contributed by atoms with E-state index in [9.17, 15) is 4.79 Å². The summed E-state index contributed by atoms with van der Waals surface area (Å²) in [7, 11) is 0. The molecular weight excluding hydrogens is 320 g/mol. The van der Waals surface area contributed by atoms with Crippen LogP contribution in [-0.4, -0.2) is 5.91 Å². The molecule has 0 bridgehead atoms. The Balaban J connectivity index is 1.86. The van der Waals surface area contributed by atoms with Crippen molar-refractivity contribution < 1.29 is 4.79 Å². The Kier molecular flexibility index (Phi) is 4.44. The van der Waals surface area contributed by atoms with E-state index < -0.39 is 0 Å². The van der Waals surface area contributed by atoms with Crippen LogP contribution in [0.5, 0.6) is 0 Å². The van der Waals surface area contributed by atoms with Crippen LogP contribution in [0.4, 0.5) is 11.4 Å². The minimum atomic E-state index is -0.0185. The van der Waals surface area contributed by atoms with Gasteiger partial charge in [-0.25, -0.2) is 0 Å². The number of carbonyl (C=O) groups excluding carboxylic acids is 1. The van der Waals surface area contributed by atoms with Crippen molar-refractivity contribution in [1.82, 2.24) is 0 Å². The molecule has 4 rings (SSSR count). The molecule has 1 heterocycles. The summed E-state index contributed by atoms with van der Waals surface area (Å²) < 4.78 is 0. The normalized spacial score (nSPS) is 19.2. The van der Waals surface area contributed by atoms with Gasteiger partial charge < -0.3 is 10.2 Å². The lowest BCUT2D eigenvalue weighted by atomic mass is 9.94. The van der Waals surface area contributed by atoms with Crippen molar-refractivity contribution in [2.24, 2.45) is 0 Å². The highest BCUT2D eigenvalue weighted by Crippen LogP contribution is 2.43. The Morgan fingerprint density at radius 2 is 1.42 bits per heavy atom. The van der Waals surface area contributed by atoms with Gasteiger partial charge in [0.05, 0.1) is 23.5 Å². The zero-order valence-electron chi connectivity index (χ0n) is 14.8. The summed E-state index contributed by atoms with van der Waals surface area (Å²) in [5.74, 6) is 0.0572. The number of para-hydroxylation sites is 2. The number of carbonyl (C=O) groups is 1. The van der Waals surface area contributed by atoms with Gasteiger partial charge >= 0.3 is 0 Å². The Morgan fingerprint density at radius 3 is 2.08 bits per heavy atom. The van der Waals surface area contributed by atoms with E-state index >= 15 is 0 Å². The average Bonchev–Trinajstić information content (AvgIpc) is 2.86. The number of rotatable bonds is 2. The van der Waals surface area contributed by atoms with Gasteiger partial charge in [-0.3, -0.25) is 4.79 Å². The van der Waals surface area contributed by atoms with E-state index in [-0.39, 0.29) is 18.0 Å². The highest BCUT2D eigenvalue weighted by molar-refractivity contribution is 5.96. The van der Waals surface area contributed by atoms with Crippen molar-refractivity contribution in [1.29, 1.82) is 0 Å². The number of fused-ring (bicyclic) bond motifs is 1. The smallest absolute Gasteiger partial charge is 0.224 e. The Labute approximate surface area is 154 Å². The van der Waals surface area contributed by atoms with E-state index in [1.54, 1.807) is 6.92 Å². The molecule has 130 valence electrons. The average molecular weight is 342 g/mol. The van der Waals surface area contributed by atoms with Gasteiger partial charge in [0.2, 0.25) is 5.91 Å². The molecule has 0 radical (unpaired) electrons. The van der Waals surface area contributed by atoms with Crippen LogP contribution in [0, 0.1) is 0 Å². The Bertz CT molecular complexity index is 892. The number of benzene rings is 3. The summed E-state index contributed by atoms with van der Waals surface area (Å²) >= 11 is 0. The van der Waals surface area contributed by atoms with Gasteiger partial charge in [0.1, 0.15) is 0 Å². The predicted octanol–water partition coefficient (Wildman–Crippen LogP) is 5.34. The van der Waals surface area contributed by atoms with Crippen molar-refractivity contribution in [2.45, 2.75) is 25.4 Å². The van der Waals surface area contributed by atoms with Gasteiger partial charge in [-0.2, -0.15) is 0 Å². The quantitative estimate of drug-likeness (QED) is 0.682. The van der Waals surface area contributed by atoms with Crippen molar-refractivity contribution >= 4 is 17.3 Å². The van der Waals surface area contributed by atoms with E-state index in [2.05, 4.69) is 47.8 Å². The molecular formula is C23H22N2O. The summed E-state index contributed by atoms with van der Waals surface area (Å²) in [6.07, 6.45) is 0.808. The van der Waals surface area contributed by atoms with Crippen LogP contribution in [0.1, 0.15) is 36.6 Å². The standard InChI is InChI=1S/C23H22N2O/c1-17(26)25-22-15-9-8-14-20(22)24-21(18-10-4-2-5-11-18)16-23(25)19-12-6-3-7-13-19/h2-15,21,23-24H,16H2,1H3. The summed E-state index contributed by atoms with van der Waals surface area (Å²) in [6, 6.07) is 28.9. The van der Waals surface area contributed by atoms with Crippen molar-refractivity contribution in [3.8, 4) is 0 Å². The van der Waals surface area contributed by atoms with Gasteiger partial charge in [-0.15, -0.1) is 0 Å². The second-order valence-corrected chi connectivity index (χ2v) is 6.68. The number of nitrogens with zero attached hydrogens (tertiary/aromatic N) is 1. The number of nitrogens with one attached hydrogen (secondary N) is 1. The third-order valence-corrected chi connectivity index (χ3v) is 4.99. The summed E-state index contributed by atoms with van der Waals surface area (Å²) in [5.41, 5.74) is 4.32. The van der Waals surface area contributed by atoms with E-state index in [0.29, 0.717) is 0 Å². The second-order valence-electron chi connectivity index (χ2n) is 6.68. The van der Waals surface area contributed by atoms with Crippen LogP contribution in [0.3, 0.4) is 0 Å². The van der Waals surface area contributed by atoms with E-state index in [1.165, 1.54) is 5.56 Å². The van der Waals surface area contributed by atoms with Crippen molar-refractivity contribution in [3.05, 3.63) is 96.1 Å². The fourth-order valence-electron chi connectivity index (χ4n) is 3.80. The molecule has 3 nitrogen and oxygen atoms in total. The highest BCUT2D eigenvalue weighted by atomic mass is 16.2. The topological polar surface area (TPSA) is 32.3 Å². The first-order valence-electron chi connectivity index (χ1n) is 8.99. The number of amides is 1. The van der Waals surface area contributed by atoms with Gasteiger partial charge in [0.25, 0.3) is 0 Å². The maximum absolute atomic E-state index is 12.6. The van der Waals surface area contributed by atoms with E-state index in [4.69, 9.17) is 0 Å². The molecule has 0 aromatic heterocycles. The zero-order chi connectivity index (χ0) is 17.9. The molecule has 26 heavy (non-hydrogen) atoms. The van der Waals surface area contributed by atoms with Gasteiger partial charge in [0.15, 0.2) is 0 Å². The molecule has 0 saturated heterocycles. The molecule has 1 aliphatic heterocycles. The van der Waals surface area contributed by atoms with Crippen LogP contribution < -0.4 is 10.2 Å². The molecule has 2 atom stereocenters. The summed E-state index contributed by atoms with van der Waals surface area (Å²) in [5, 5.41) is 3.67. The first-order chi connectivity index (χ1) is 12.7. The zero-order valence-corrected chi connectivity index (χ0v) is 14.8. The SMILES string of the molecule is CC(=O)N1c2ccccc2NC(c2ccccc2)CC1c1ccccc1. The maximum Gasteiger partial charge on any atom is 0.224 e. The molecule has 0 spiro atoms. The van der Waals surface area contributed by atoms with Crippen LogP contribution in [0.15, 0.2) is 84.9 Å². The van der Waals surface area contributed by atoms with Crippen molar-refractivity contribution in [2.75, 3.05) is 10.2 Å². The molecule has 3 heteroatoms. The van der Waals surface area contributed by atoms with Gasteiger partial charge in [-0.1, -0.05) is 72.8 Å². The second kappa shape index (κ2) is 7.04. The third-order valence-electron chi connectivity index (χ3n) is 4.99. The predicted molar refractivity (Wildman–Crippen MR) is 106 cm³/mol. The summed E-state index contributed by atoms with van der Waals surface area (Å²) in [4.78, 5) is 14.6. The van der Waals surface area contributed by atoms with Crippen LogP contribution in [0.25, 0.3) is 0 Å². The molecule has 1 N–H and O–H groups in total. The number of hydrogen-bond donors (Lipinski definition) is 1. The van der Waals surface area contributed by atoms with E-state index in [0.717, 1.165) is 23.4 Å². The first kappa shape index (κ1) is 16.4. The molecule has 2 unspecified atom stereocenters. The van der Waals surface area contributed by atoms with Crippen molar-refractivity contribution in [3.63, 3.8) is 0 Å². The highest BCUT2D eigenvalue weighted by Gasteiger charge is 2.32. The fraction of sp³-hybridized carbons (Fsp3) is 0.174. The lowest BCUT2D eigenvalue weighted by molar-refractivity contribution is -0.117. The minimum absolute atomic E-state index is 0.0185. The number of hydrogen-bond acceptors (Lipinski definition) is 2. The lowest BCUT2D eigenvalue weighted by Gasteiger charge is -2.31. The minimum Gasteiger partial charge on any atom is -0.376 e. The molecule has 3 aromatic rings. The third kappa shape index (κ3) is 3.08. The van der Waals surface area contributed by atoms with Crippen LogP contribution in [-0.2, 0) is 4.79 Å². The molecule has 1 aliphatic rings. The molecule has 0 aliphatic carbocycles. The largest absolute Gasteiger partial charge is 0.376 e. The maximum atomic E-state index is 12.6.